The van der Waals surface area contributed by atoms with Crippen molar-refractivity contribution in [2.45, 2.75) is 0 Å². The predicted molar refractivity (Wildman–Crippen MR) is 192 cm³/mol. The number of thiocarbonyl (C=S) groups is 2. The monoisotopic (exact) mass is 700 g/mol. The highest BCUT2D eigenvalue weighted by molar-refractivity contribution is 7.81. The lowest BCUT2D eigenvalue weighted by Gasteiger charge is -2.27. The summed E-state index contributed by atoms with van der Waals surface area (Å²) in [5.74, 6) is -2.28. The lowest BCUT2D eigenvalue weighted by atomic mass is 9.95. The first kappa shape index (κ1) is 31.8. The third-order valence-electron chi connectivity index (χ3n) is 7.92. The van der Waals surface area contributed by atoms with E-state index in [4.69, 9.17) is 45.7 Å². The molecule has 11 heteroatoms. The predicted octanol–water partition coefficient (Wildman–Crippen LogP) is 8.14. The van der Waals surface area contributed by atoms with Gasteiger partial charge in [-0.3, -0.25) is 9.59 Å². The Morgan fingerprint density at radius 1 is 0.510 bits per heavy atom. The maximum atomic E-state index is 12.8. The Hall–Kier alpha value is -5.81. The largest absolute Gasteiger partial charge is 0.365 e. The van der Waals surface area contributed by atoms with E-state index in [-0.39, 0.29) is 20.6 Å². The quantitative estimate of drug-likeness (QED) is 0.170. The lowest BCUT2D eigenvalue weighted by Crippen LogP contribution is -2.41. The maximum Gasteiger partial charge on any atom is 0.365 e. The molecule has 0 aromatic heterocycles. The van der Waals surface area contributed by atoms with Gasteiger partial charge in [-0.2, -0.15) is 0 Å². The van der Waals surface area contributed by atoms with Gasteiger partial charge in [0.05, 0.1) is 27.3 Å². The molecule has 0 N–H and O–H groups in total. The van der Waals surface area contributed by atoms with Crippen molar-refractivity contribution in [1.29, 1.82) is 0 Å². The van der Waals surface area contributed by atoms with Crippen LogP contribution in [0.2, 0.25) is 5.02 Å². The number of hydroxylamine groups is 4. The first-order valence-corrected chi connectivity index (χ1v) is 16.0. The van der Waals surface area contributed by atoms with Crippen LogP contribution >= 0.6 is 36.0 Å². The van der Waals surface area contributed by atoms with Crippen molar-refractivity contribution in [1.82, 2.24) is 10.1 Å². The number of carbonyl (C=O) groups excluding carboxylic acids is 4. The van der Waals surface area contributed by atoms with Gasteiger partial charge in [0.2, 0.25) is 0 Å². The first-order valence-electron chi connectivity index (χ1n) is 14.8. The van der Waals surface area contributed by atoms with Crippen molar-refractivity contribution in [2.24, 2.45) is 0 Å². The molecule has 6 aromatic carbocycles. The summed E-state index contributed by atoms with van der Waals surface area (Å²) >= 11 is 16.8. The molecule has 2 aliphatic rings. The molecule has 0 aliphatic carbocycles. The average molecular weight is 701 g/mol. The van der Waals surface area contributed by atoms with Crippen molar-refractivity contribution in [2.75, 3.05) is 0 Å². The molecule has 2 heterocycles. The zero-order valence-corrected chi connectivity index (χ0v) is 27.6. The van der Waals surface area contributed by atoms with Gasteiger partial charge in [-0.25, -0.2) is 9.59 Å². The number of hydrogen-bond donors (Lipinski definition) is 0. The second-order valence-corrected chi connectivity index (χ2v) is 12.0. The van der Waals surface area contributed by atoms with E-state index in [1.54, 1.807) is 78.9 Å². The van der Waals surface area contributed by atoms with E-state index in [0.29, 0.717) is 27.8 Å². The molecular formula is C38H21ClN2O6S2. The Labute approximate surface area is 294 Å². The van der Waals surface area contributed by atoms with Crippen LogP contribution in [0, 0.1) is 0 Å². The summed E-state index contributed by atoms with van der Waals surface area (Å²) < 4.78 is 0. The fourth-order valence-corrected chi connectivity index (χ4v) is 6.44. The Bertz CT molecular complexity index is 2300. The summed E-state index contributed by atoms with van der Waals surface area (Å²) in [5.41, 5.74) is 2.81. The summed E-state index contributed by atoms with van der Waals surface area (Å²) in [7, 11) is 0. The molecular weight excluding hydrogens is 680 g/mol. The molecule has 8 rings (SSSR count). The number of rotatable bonds is 4. The molecule has 238 valence electrons. The van der Waals surface area contributed by atoms with E-state index in [2.05, 4.69) is 0 Å². The third kappa shape index (κ3) is 5.72. The van der Waals surface area contributed by atoms with Crippen LogP contribution in [0.4, 0.5) is 0 Å². The highest BCUT2D eigenvalue weighted by atomic mass is 35.5. The Morgan fingerprint density at radius 2 is 0.939 bits per heavy atom. The van der Waals surface area contributed by atoms with E-state index in [0.717, 1.165) is 31.7 Å². The van der Waals surface area contributed by atoms with Crippen LogP contribution in [-0.4, -0.2) is 43.9 Å². The van der Waals surface area contributed by atoms with Crippen molar-refractivity contribution in [3.63, 3.8) is 0 Å². The molecule has 0 saturated heterocycles. The highest BCUT2D eigenvalue weighted by Crippen LogP contribution is 2.32. The standard InChI is InChI=1S/C19H10ClNO3S.C19H11NO3S/c20-15-10-2-1-7-12(15)19(23)24-21-17(22)13-8-3-5-11-6-4-9-14(16(11)13)18(21)25;21-17-14-10-4-8-12-9-5-11-15(16(12)14)18(24)20(17)23-19(22)13-6-2-1-3-7-13/h1-10H;1-11H. The van der Waals surface area contributed by atoms with Crippen LogP contribution in [0.3, 0.4) is 0 Å². The molecule has 0 atom stereocenters. The van der Waals surface area contributed by atoms with Crippen LogP contribution in [0.5, 0.6) is 0 Å². The van der Waals surface area contributed by atoms with Crippen LogP contribution in [0.25, 0.3) is 21.5 Å². The topological polar surface area (TPSA) is 93.2 Å². The van der Waals surface area contributed by atoms with Gasteiger partial charge in [0, 0.05) is 21.9 Å². The Morgan fingerprint density at radius 3 is 1.43 bits per heavy atom. The van der Waals surface area contributed by atoms with E-state index < -0.39 is 23.8 Å². The van der Waals surface area contributed by atoms with Crippen LogP contribution in [-0.2, 0) is 9.68 Å². The smallest absolute Gasteiger partial charge is 0.327 e. The molecule has 0 spiro atoms. The fourth-order valence-electron chi connectivity index (χ4n) is 5.65. The highest BCUT2D eigenvalue weighted by Gasteiger charge is 2.35. The van der Waals surface area contributed by atoms with Gasteiger partial charge in [-0.1, -0.05) is 127 Å². The van der Waals surface area contributed by atoms with E-state index in [1.165, 1.54) is 6.07 Å². The van der Waals surface area contributed by atoms with Gasteiger partial charge in [0.25, 0.3) is 11.8 Å². The molecule has 0 bridgehead atoms. The van der Waals surface area contributed by atoms with Crippen LogP contribution in [0.15, 0.2) is 127 Å². The Kier molecular flexibility index (Phi) is 8.43. The summed E-state index contributed by atoms with van der Waals surface area (Å²) in [4.78, 5) is 61.2. The molecule has 6 aromatic rings. The van der Waals surface area contributed by atoms with Gasteiger partial charge >= 0.3 is 11.9 Å². The minimum absolute atomic E-state index is 0.148. The minimum atomic E-state index is -0.743. The molecule has 0 unspecified atom stereocenters. The molecule has 2 aliphatic heterocycles. The lowest BCUT2D eigenvalue weighted by molar-refractivity contribution is -0.0382. The zero-order chi connectivity index (χ0) is 34.2. The third-order valence-corrected chi connectivity index (χ3v) is 9.02. The fraction of sp³-hybridized carbons (Fsp3) is 0. The van der Waals surface area contributed by atoms with E-state index in [9.17, 15) is 19.2 Å². The second-order valence-electron chi connectivity index (χ2n) is 10.8. The molecule has 0 saturated carbocycles. The number of hydrogen-bond acceptors (Lipinski definition) is 8. The minimum Gasteiger partial charge on any atom is -0.327 e. The zero-order valence-electron chi connectivity index (χ0n) is 25.2. The normalized spacial score (nSPS) is 13.2. The second kappa shape index (κ2) is 13.0. The van der Waals surface area contributed by atoms with Gasteiger partial charge in [0.1, 0.15) is 0 Å². The van der Waals surface area contributed by atoms with E-state index >= 15 is 0 Å². The van der Waals surface area contributed by atoms with Gasteiger partial charge in [-0.15, -0.1) is 10.1 Å². The maximum absolute atomic E-state index is 12.8. The SMILES string of the molecule is O=C(ON1C(=O)c2cccc3cccc(c23)C1=S)c1ccccc1.O=C(ON1C(=O)c2cccc3cccc(c23)C1=S)c1ccccc1Cl. The number of amides is 2. The average Bonchev–Trinajstić information content (AvgIpc) is 3.13. The summed E-state index contributed by atoms with van der Waals surface area (Å²) in [6.07, 6.45) is 0. The molecule has 49 heavy (non-hydrogen) atoms. The number of nitrogens with zero attached hydrogens (tertiary/aromatic N) is 2. The van der Waals surface area contributed by atoms with Gasteiger partial charge < -0.3 is 9.68 Å². The van der Waals surface area contributed by atoms with E-state index in [1.807, 2.05) is 42.5 Å². The summed E-state index contributed by atoms with van der Waals surface area (Å²) in [6.45, 7) is 0. The number of carbonyl (C=O) groups is 4. The van der Waals surface area contributed by atoms with Crippen molar-refractivity contribution < 1.29 is 28.9 Å². The van der Waals surface area contributed by atoms with Crippen molar-refractivity contribution in [3.05, 3.63) is 166 Å². The summed E-state index contributed by atoms with van der Waals surface area (Å²) in [6, 6.07) is 36.9. The van der Waals surface area contributed by atoms with Crippen LogP contribution < -0.4 is 0 Å². The number of halogens is 1. The van der Waals surface area contributed by atoms with Crippen molar-refractivity contribution >= 4 is 91.3 Å². The molecule has 8 nitrogen and oxygen atoms in total. The first-order chi connectivity index (χ1) is 23.7. The van der Waals surface area contributed by atoms with Crippen LogP contribution in [0.1, 0.15) is 52.6 Å². The number of benzene rings is 6. The van der Waals surface area contributed by atoms with Crippen molar-refractivity contribution in [3.8, 4) is 0 Å². The van der Waals surface area contributed by atoms with Gasteiger partial charge in [0.15, 0.2) is 9.98 Å². The Balaban J connectivity index is 0.000000154. The molecule has 2 amide bonds. The molecule has 0 fully saturated rings. The van der Waals surface area contributed by atoms with Gasteiger partial charge in [-0.05, 0) is 47.2 Å². The summed E-state index contributed by atoms with van der Waals surface area (Å²) in [5, 5.41) is 5.40. The molecule has 0 radical (unpaired) electrons.